The Morgan fingerprint density at radius 3 is 2.46 bits per heavy atom. The number of hydrogen-bond acceptors (Lipinski definition) is 4. The summed E-state index contributed by atoms with van der Waals surface area (Å²) < 4.78 is 5.10. The van der Waals surface area contributed by atoms with Crippen LogP contribution in [0.4, 0.5) is 0 Å². The molecule has 0 atom stereocenters. The first-order valence-corrected chi connectivity index (χ1v) is 9.31. The first kappa shape index (κ1) is 19.8. The lowest BCUT2D eigenvalue weighted by atomic mass is 10.1. The fourth-order valence-electron chi connectivity index (χ4n) is 2.32. The van der Waals surface area contributed by atoms with Crippen LogP contribution in [0.3, 0.4) is 0 Å². The molecule has 0 heterocycles. The van der Waals surface area contributed by atoms with Crippen LogP contribution in [0.1, 0.15) is 29.8 Å². The van der Waals surface area contributed by atoms with Gasteiger partial charge in [0.05, 0.1) is 5.56 Å². The number of carboxylic acid groups (broad SMARTS) is 1. The average molecular weight is 373 g/mol. The van der Waals surface area contributed by atoms with Crippen molar-refractivity contribution < 1.29 is 19.4 Å². The van der Waals surface area contributed by atoms with E-state index in [4.69, 9.17) is 9.84 Å². The fourth-order valence-corrected chi connectivity index (χ4v) is 3.28. The van der Waals surface area contributed by atoms with Gasteiger partial charge in [0, 0.05) is 16.7 Å². The molecule has 2 N–H and O–H groups in total. The molecule has 0 saturated carbocycles. The maximum Gasteiger partial charge on any atom is 0.341 e. The smallest absolute Gasteiger partial charge is 0.341 e. The molecule has 2 rings (SSSR count). The van der Waals surface area contributed by atoms with Crippen molar-refractivity contribution in [2.45, 2.75) is 30.4 Å². The van der Waals surface area contributed by atoms with Crippen LogP contribution in [0.2, 0.25) is 0 Å². The summed E-state index contributed by atoms with van der Waals surface area (Å²) >= 11 is 1.67. The fraction of sp³-hybridized carbons (Fsp3) is 0.300. The van der Waals surface area contributed by atoms with Crippen LogP contribution in [0.5, 0.6) is 5.75 Å². The van der Waals surface area contributed by atoms with Gasteiger partial charge in [-0.15, -0.1) is 11.8 Å². The number of nitrogens with one attached hydrogen (secondary N) is 1. The summed E-state index contributed by atoms with van der Waals surface area (Å²) in [6, 6.07) is 14.8. The summed E-state index contributed by atoms with van der Waals surface area (Å²) in [5, 5.41) is 12.0. The number of rotatable bonds is 9. The van der Waals surface area contributed by atoms with Gasteiger partial charge in [0.15, 0.2) is 6.61 Å². The van der Waals surface area contributed by atoms with Crippen molar-refractivity contribution in [3.8, 4) is 5.75 Å². The molecule has 138 valence electrons. The van der Waals surface area contributed by atoms with Gasteiger partial charge in [0.1, 0.15) is 5.75 Å². The van der Waals surface area contributed by atoms with Gasteiger partial charge >= 0.3 is 5.97 Å². The van der Waals surface area contributed by atoms with Crippen molar-refractivity contribution in [2.24, 2.45) is 0 Å². The van der Waals surface area contributed by atoms with E-state index in [0.29, 0.717) is 29.5 Å². The Morgan fingerprint density at radius 1 is 1.12 bits per heavy atom. The van der Waals surface area contributed by atoms with Crippen molar-refractivity contribution in [1.29, 1.82) is 0 Å². The summed E-state index contributed by atoms with van der Waals surface area (Å²) in [5.41, 5.74) is 1.74. The van der Waals surface area contributed by atoms with Crippen LogP contribution in [0.15, 0.2) is 53.4 Å². The summed E-state index contributed by atoms with van der Waals surface area (Å²) in [4.78, 5) is 23.9. The Bertz CT molecular complexity index is 744. The van der Waals surface area contributed by atoms with Crippen LogP contribution < -0.4 is 10.1 Å². The van der Waals surface area contributed by atoms with E-state index in [1.165, 1.54) is 0 Å². The average Bonchev–Trinajstić information content (AvgIpc) is 2.61. The minimum atomic E-state index is -1.01. The molecule has 0 aliphatic carbocycles. The third-order valence-electron chi connectivity index (χ3n) is 3.48. The van der Waals surface area contributed by atoms with Crippen LogP contribution in [0.25, 0.3) is 0 Å². The molecule has 0 saturated heterocycles. The number of aliphatic carboxylic acids is 1. The Balaban J connectivity index is 1.86. The quantitative estimate of drug-likeness (QED) is 0.657. The van der Waals surface area contributed by atoms with Gasteiger partial charge < -0.3 is 15.2 Å². The number of carboxylic acids is 1. The number of hydrogen-bond donors (Lipinski definition) is 2. The number of carbonyl (C=O) groups excluding carboxylic acids is 1. The normalized spacial score (nSPS) is 10.6. The highest BCUT2D eigenvalue weighted by molar-refractivity contribution is 8.00. The molecule has 6 heteroatoms. The maximum absolute atomic E-state index is 12.4. The Hall–Kier alpha value is -2.47. The summed E-state index contributed by atoms with van der Waals surface area (Å²) in [5.74, 6) is -0.567. The molecular weight excluding hydrogens is 350 g/mol. The molecule has 0 aliphatic rings. The van der Waals surface area contributed by atoms with E-state index in [0.717, 1.165) is 10.5 Å². The van der Waals surface area contributed by atoms with E-state index in [2.05, 4.69) is 19.2 Å². The highest BCUT2D eigenvalue weighted by Crippen LogP contribution is 2.26. The monoisotopic (exact) mass is 373 g/mol. The molecule has 0 unspecified atom stereocenters. The zero-order valence-corrected chi connectivity index (χ0v) is 15.7. The summed E-state index contributed by atoms with van der Waals surface area (Å²) in [6.07, 6.45) is 0.685. The second-order valence-corrected chi connectivity index (χ2v) is 7.61. The second-order valence-electron chi connectivity index (χ2n) is 6.00. The molecule has 1 amide bonds. The van der Waals surface area contributed by atoms with Gasteiger partial charge in [-0.1, -0.05) is 38.1 Å². The van der Waals surface area contributed by atoms with Crippen molar-refractivity contribution in [1.82, 2.24) is 5.32 Å². The van der Waals surface area contributed by atoms with Crippen LogP contribution in [0, 0.1) is 0 Å². The predicted molar refractivity (Wildman–Crippen MR) is 103 cm³/mol. The van der Waals surface area contributed by atoms with Gasteiger partial charge in [-0.3, -0.25) is 4.79 Å². The Labute approximate surface area is 157 Å². The van der Waals surface area contributed by atoms with E-state index in [1.807, 2.05) is 36.4 Å². The lowest BCUT2D eigenvalue weighted by Gasteiger charge is -2.11. The largest absolute Gasteiger partial charge is 0.482 e. The lowest BCUT2D eigenvalue weighted by Crippen LogP contribution is -2.26. The third-order valence-corrected chi connectivity index (χ3v) is 4.56. The van der Waals surface area contributed by atoms with Crippen molar-refractivity contribution in [3.63, 3.8) is 0 Å². The number of ether oxygens (including phenoxy) is 1. The molecule has 0 spiro atoms. The molecule has 26 heavy (non-hydrogen) atoms. The van der Waals surface area contributed by atoms with E-state index in [9.17, 15) is 9.59 Å². The molecule has 0 fully saturated rings. The molecule has 0 radical (unpaired) electrons. The molecule has 5 nitrogen and oxygen atoms in total. The minimum Gasteiger partial charge on any atom is -0.482 e. The zero-order valence-electron chi connectivity index (χ0n) is 14.9. The topological polar surface area (TPSA) is 75.6 Å². The van der Waals surface area contributed by atoms with E-state index in [-0.39, 0.29) is 12.5 Å². The van der Waals surface area contributed by atoms with Crippen molar-refractivity contribution in [2.75, 3.05) is 13.2 Å². The molecular formula is C20H23NO4S. The van der Waals surface area contributed by atoms with Gasteiger partial charge in [-0.25, -0.2) is 4.79 Å². The maximum atomic E-state index is 12.4. The number of carbonyl (C=O) groups is 2. The molecule has 2 aromatic carbocycles. The Morgan fingerprint density at radius 2 is 1.81 bits per heavy atom. The highest BCUT2D eigenvalue weighted by Gasteiger charge is 2.12. The van der Waals surface area contributed by atoms with Gasteiger partial charge in [0.2, 0.25) is 0 Å². The van der Waals surface area contributed by atoms with Crippen LogP contribution >= 0.6 is 11.8 Å². The second kappa shape index (κ2) is 9.87. The number of thioether (sulfide) groups is 1. The number of amides is 1. The first-order chi connectivity index (χ1) is 12.5. The van der Waals surface area contributed by atoms with Crippen molar-refractivity contribution >= 4 is 23.6 Å². The predicted octanol–water partition coefficient (Wildman–Crippen LogP) is 3.62. The van der Waals surface area contributed by atoms with Crippen molar-refractivity contribution in [3.05, 3.63) is 59.7 Å². The van der Waals surface area contributed by atoms with Gasteiger partial charge in [-0.05, 0) is 36.2 Å². The van der Waals surface area contributed by atoms with Gasteiger partial charge in [0.25, 0.3) is 5.91 Å². The van der Waals surface area contributed by atoms with Crippen LogP contribution in [-0.2, 0) is 11.2 Å². The third kappa shape index (κ3) is 6.44. The highest BCUT2D eigenvalue weighted by atomic mass is 32.2. The lowest BCUT2D eigenvalue weighted by molar-refractivity contribution is -0.139. The molecule has 0 aliphatic heterocycles. The van der Waals surface area contributed by atoms with Crippen LogP contribution in [-0.4, -0.2) is 35.4 Å². The first-order valence-electron chi connectivity index (χ1n) is 8.43. The molecule has 2 aromatic rings. The Kier molecular flexibility index (Phi) is 7.53. The van der Waals surface area contributed by atoms with Gasteiger partial charge in [-0.2, -0.15) is 0 Å². The summed E-state index contributed by atoms with van der Waals surface area (Å²) in [6.45, 7) is 4.37. The molecule has 0 aromatic heterocycles. The van der Waals surface area contributed by atoms with E-state index >= 15 is 0 Å². The van der Waals surface area contributed by atoms with E-state index < -0.39 is 5.97 Å². The number of benzene rings is 2. The zero-order chi connectivity index (χ0) is 18.9. The summed E-state index contributed by atoms with van der Waals surface area (Å²) in [7, 11) is 0. The van der Waals surface area contributed by atoms with E-state index in [1.54, 1.807) is 23.9 Å². The molecule has 0 bridgehead atoms. The SMILES string of the molecule is CC(C)Sc1ccccc1C(=O)NCCc1ccc(OCC(=O)O)cc1. The minimum absolute atomic E-state index is 0.0739. The standard InChI is InChI=1S/C20H23NO4S/c1-14(2)26-18-6-4-3-5-17(18)20(24)21-12-11-15-7-9-16(10-8-15)25-13-19(22)23/h3-10,14H,11-13H2,1-2H3,(H,21,24)(H,22,23).